The summed E-state index contributed by atoms with van der Waals surface area (Å²) in [5, 5.41) is 14.4. The van der Waals surface area contributed by atoms with Gasteiger partial charge in [-0.2, -0.15) is 5.10 Å². The van der Waals surface area contributed by atoms with Crippen molar-refractivity contribution in [2.45, 2.75) is 0 Å². The molecule has 0 aromatic carbocycles. The Morgan fingerprint density at radius 1 is 1.40 bits per heavy atom. The van der Waals surface area contributed by atoms with E-state index in [-0.39, 0.29) is 0 Å². The van der Waals surface area contributed by atoms with E-state index in [1.54, 1.807) is 6.20 Å². The van der Waals surface area contributed by atoms with E-state index in [0.29, 0.717) is 0 Å². The second-order valence-corrected chi connectivity index (χ2v) is 3.63. The molecule has 2 rings (SSSR count). The summed E-state index contributed by atoms with van der Waals surface area (Å²) in [6.07, 6.45) is 1.68. The van der Waals surface area contributed by atoms with Crippen molar-refractivity contribution in [2.75, 3.05) is 44.6 Å². The molecular weight excluding hydrogens is 190 g/mol. The molecule has 0 saturated carbocycles. The average Bonchev–Trinajstić information content (AvgIpc) is 2.32. The van der Waals surface area contributed by atoms with Crippen molar-refractivity contribution in [1.82, 2.24) is 20.4 Å². The molecule has 1 aromatic heterocycles. The fourth-order valence-electron chi connectivity index (χ4n) is 1.67. The summed E-state index contributed by atoms with van der Waals surface area (Å²) in [6.45, 7) is 6.48. The molecule has 1 saturated heterocycles. The average molecular weight is 207 g/mol. The van der Waals surface area contributed by atoms with Crippen LogP contribution >= 0.6 is 0 Å². The zero-order valence-corrected chi connectivity index (χ0v) is 8.82. The van der Waals surface area contributed by atoms with E-state index >= 15 is 0 Å². The normalized spacial score (nSPS) is 17.6. The van der Waals surface area contributed by atoms with Gasteiger partial charge in [0.2, 0.25) is 0 Å². The molecule has 1 aliphatic rings. The molecule has 1 aromatic rings. The van der Waals surface area contributed by atoms with Gasteiger partial charge >= 0.3 is 0 Å². The topological polar surface area (TPSA) is 53.1 Å². The number of hydrogen-bond acceptors (Lipinski definition) is 5. The van der Waals surface area contributed by atoms with Gasteiger partial charge in [0.1, 0.15) is 5.82 Å². The number of aromatic nitrogens is 2. The predicted molar refractivity (Wildman–Crippen MR) is 59.8 cm³/mol. The Labute approximate surface area is 89.9 Å². The van der Waals surface area contributed by atoms with E-state index in [9.17, 15) is 0 Å². The Kier molecular flexibility index (Phi) is 3.87. The van der Waals surface area contributed by atoms with Crippen molar-refractivity contribution in [2.24, 2.45) is 0 Å². The second kappa shape index (κ2) is 5.63. The zero-order valence-electron chi connectivity index (χ0n) is 8.82. The molecular formula is C10H17N5. The Bertz CT molecular complexity index is 270. The SMILES string of the molecule is c1cnnc(NCCN2CCNCC2)c1. The largest absolute Gasteiger partial charge is 0.367 e. The molecule has 1 aliphatic heterocycles. The molecule has 15 heavy (non-hydrogen) atoms. The molecule has 5 nitrogen and oxygen atoms in total. The summed E-state index contributed by atoms with van der Waals surface area (Å²) in [5.74, 6) is 0.854. The molecule has 0 aliphatic carbocycles. The van der Waals surface area contributed by atoms with E-state index in [0.717, 1.165) is 45.1 Å². The van der Waals surface area contributed by atoms with Crippen LogP contribution in [-0.4, -0.2) is 54.4 Å². The monoisotopic (exact) mass is 207 g/mol. The second-order valence-electron chi connectivity index (χ2n) is 3.63. The first kappa shape index (κ1) is 10.3. The van der Waals surface area contributed by atoms with Crippen molar-refractivity contribution < 1.29 is 0 Å². The van der Waals surface area contributed by atoms with Gasteiger partial charge in [0.05, 0.1) is 0 Å². The lowest BCUT2D eigenvalue weighted by atomic mass is 10.3. The minimum absolute atomic E-state index is 0.854. The summed E-state index contributed by atoms with van der Waals surface area (Å²) < 4.78 is 0. The van der Waals surface area contributed by atoms with Gasteiger partial charge in [0.15, 0.2) is 0 Å². The van der Waals surface area contributed by atoms with Crippen LogP contribution in [-0.2, 0) is 0 Å². The molecule has 0 bridgehead atoms. The summed E-state index contributed by atoms with van der Waals surface area (Å²) in [4.78, 5) is 2.44. The van der Waals surface area contributed by atoms with Crippen molar-refractivity contribution >= 4 is 5.82 Å². The standard InChI is InChI=1S/C10H17N5/c1-2-10(14-13-3-1)12-6-9-15-7-4-11-5-8-15/h1-3,11H,4-9H2,(H,12,14). The van der Waals surface area contributed by atoms with Gasteiger partial charge in [-0.05, 0) is 12.1 Å². The first-order valence-corrected chi connectivity index (χ1v) is 5.40. The maximum absolute atomic E-state index is 3.97. The molecule has 5 heteroatoms. The highest BCUT2D eigenvalue weighted by molar-refractivity contribution is 5.31. The first-order chi connectivity index (χ1) is 7.45. The highest BCUT2D eigenvalue weighted by atomic mass is 15.2. The molecule has 0 unspecified atom stereocenters. The quantitative estimate of drug-likeness (QED) is 0.716. The summed E-state index contributed by atoms with van der Waals surface area (Å²) in [7, 11) is 0. The Hall–Kier alpha value is -1.20. The van der Waals surface area contributed by atoms with Crippen molar-refractivity contribution in [1.29, 1.82) is 0 Å². The smallest absolute Gasteiger partial charge is 0.148 e. The van der Waals surface area contributed by atoms with Crippen molar-refractivity contribution in [3.05, 3.63) is 18.3 Å². The van der Waals surface area contributed by atoms with Crippen LogP contribution < -0.4 is 10.6 Å². The lowest BCUT2D eigenvalue weighted by Gasteiger charge is -2.27. The maximum Gasteiger partial charge on any atom is 0.148 e. The zero-order chi connectivity index (χ0) is 10.3. The van der Waals surface area contributed by atoms with Crippen LogP contribution in [0.1, 0.15) is 0 Å². The van der Waals surface area contributed by atoms with Gasteiger partial charge in [-0.25, -0.2) is 0 Å². The van der Waals surface area contributed by atoms with Crippen LogP contribution in [0.5, 0.6) is 0 Å². The molecule has 82 valence electrons. The number of anilines is 1. The third kappa shape index (κ3) is 3.45. The fourth-order valence-corrected chi connectivity index (χ4v) is 1.67. The van der Waals surface area contributed by atoms with E-state index in [1.165, 1.54) is 0 Å². The van der Waals surface area contributed by atoms with Gasteiger partial charge in [-0.15, -0.1) is 5.10 Å². The van der Waals surface area contributed by atoms with Gasteiger partial charge in [-0.3, -0.25) is 4.90 Å². The Morgan fingerprint density at radius 3 is 3.00 bits per heavy atom. The Balaban J connectivity index is 1.66. The summed E-state index contributed by atoms with van der Waals surface area (Å²) in [5.41, 5.74) is 0. The third-order valence-corrected chi connectivity index (χ3v) is 2.52. The highest BCUT2D eigenvalue weighted by Crippen LogP contribution is 1.97. The summed E-state index contributed by atoms with van der Waals surface area (Å²) in [6, 6.07) is 3.82. The maximum atomic E-state index is 3.97. The van der Waals surface area contributed by atoms with Crippen molar-refractivity contribution in [3.63, 3.8) is 0 Å². The van der Waals surface area contributed by atoms with Gasteiger partial charge < -0.3 is 10.6 Å². The minimum Gasteiger partial charge on any atom is -0.367 e. The first-order valence-electron chi connectivity index (χ1n) is 5.40. The van der Waals surface area contributed by atoms with Crippen LogP contribution in [0.25, 0.3) is 0 Å². The van der Waals surface area contributed by atoms with Gasteiger partial charge in [0, 0.05) is 45.5 Å². The fraction of sp³-hybridized carbons (Fsp3) is 0.600. The molecule has 2 N–H and O–H groups in total. The van der Waals surface area contributed by atoms with Crippen LogP contribution in [0.4, 0.5) is 5.82 Å². The van der Waals surface area contributed by atoms with Crippen LogP contribution in [0.15, 0.2) is 18.3 Å². The van der Waals surface area contributed by atoms with Gasteiger partial charge in [0.25, 0.3) is 0 Å². The predicted octanol–water partition coefficient (Wildman–Crippen LogP) is -0.206. The van der Waals surface area contributed by atoms with Gasteiger partial charge in [-0.1, -0.05) is 0 Å². The molecule has 2 heterocycles. The number of rotatable bonds is 4. The Morgan fingerprint density at radius 2 is 2.27 bits per heavy atom. The minimum atomic E-state index is 0.854. The van der Waals surface area contributed by atoms with E-state index < -0.39 is 0 Å². The van der Waals surface area contributed by atoms with Crippen LogP contribution in [0, 0.1) is 0 Å². The third-order valence-electron chi connectivity index (χ3n) is 2.52. The lowest BCUT2D eigenvalue weighted by Crippen LogP contribution is -2.45. The van der Waals surface area contributed by atoms with Crippen molar-refractivity contribution in [3.8, 4) is 0 Å². The molecule has 0 radical (unpaired) electrons. The number of nitrogens with one attached hydrogen (secondary N) is 2. The highest BCUT2D eigenvalue weighted by Gasteiger charge is 2.07. The van der Waals surface area contributed by atoms with E-state index in [2.05, 4.69) is 25.7 Å². The molecule has 0 spiro atoms. The molecule has 0 atom stereocenters. The molecule has 1 fully saturated rings. The summed E-state index contributed by atoms with van der Waals surface area (Å²) >= 11 is 0. The number of piperazine rings is 1. The number of nitrogens with zero attached hydrogens (tertiary/aromatic N) is 3. The molecule has 0 amide bonds. The lowest BCUT2D eigenvalue weighted by molar-refractivity contribution is 0.249. The van der Waals surface area contributed by atoms with E-state index in [1.807, 2.05) is 12.1 Å². The number of hydrogen-bond donors (Lipinski definition) is 2. The van der Waals surface area contributed by atoms with Crippen LogP contribution in [0.2, 0.25) is 0 Å². The van der Waals surface area contributed by atoms with Crippen LogP contribution in [0.3, 0.4) is 0 Å². The van der Waals surface area contributed by atoms with E-state index in [4.69, 9.17) is 0 Å².